The van der Waals surface area contributed by atoms with Crippen molar-refractivity contribution in [1.29, 1.82) is 0 Å². The third kappa shape index (κ3) is 3.11. The van der Waals surface area contributed by atoms with E-state index in [-0.39, 0.29) is 17.2 Å². The smallest absolute Gasteiger partial charge is 0.244 e. The molecular weight excluding hydrogens is 336 g/mol. The first-order chi connectivity index (χ1) is 12.1. The Kier molecular flexibility index (Phi) is 4.16. The number of amides is 1. The van der Waals surface area contributed by atoms with Gasteiger partial charge in [0, 0.05) is 16.5 Å². The van der Waals surface area contributed by atoms with Crippen molar-refractivity contribution in [2.24, 2.45) is 22.4 Å². The Labute approximate surface area is 152 Å². The monoisotopic (exact) mass is 356 g/mol. The number of hydrazone groups is 1. The average Bonchev–Trinajstić information content (AvgIpc) is 2.96. The van der Waals surface area contributed by atoms with Gasteiger partial charge in [-0.2, -0.15) is 5.10 Å². The van der Waals surface area contributed by atoms with Gasteiger partial charge in [-0.3, -0.25) is 4.79 Å². The number of benzene rings is 1. The van der Waals surface area contributed by atoms with Crippen LogP contribution in [0.2, 0.25) is 5.02 Å². The topological polar surface area (TPSA) is 54.6 Å². The van der Waals surface area contributed by atoms with Gasteiger partial charge in [0.2, 0.25) is 5.91 Å². The second-order valence-corrected chi connectivity index (χ2v) is 7.72. The van der Waals surface area contributed by atoms with E-state index in [0.29, 0.717) is 16.7 Å². The van der Waals surface area contributed by atoms with Crippen LogP contribution in [0.4, 0.5) is 0 Å². The molecule has 3 atom stereocenters. The number of hydrogen-bond donors (Lipinski definition) is 1. The number of halogens is 1. The van der Waals surface area contributed by atoms with Crippen molar-refractivity contribution in [2.45, 2.75) is 32.6 Å². The van der Waals surface area contributed by atoms with Crippen molar-refractivity contribution < 1.29 is 9.21 Å². The van der Waals surface area contributed by atoms with E-state index in [0.717, 1.165) is 17.7 Å². The Balaban J connectivity index is 1.37. The van der Waals surface area contributed by atoms with Crippen LogP contribution in [0, 0.1) is 17.3 Å². The predicted octanol–water partition coefficient (Wildman–Crippen LogP) is 4.88. The SMILES string of the molecule is C[C@]12CCCC[C@H]1[C@H]2C(=O)N/N=C/c1ccc(-c2ccc(Cl)cc2)o1. The van der Waals surface area contributed by atoms with E-state index in [2.05, 4.69) is 17.5 Å². The molecule has 2 fully saturated rings. The molecule has 25 heavy (non-hydrogen) atoms. The van der Waals surface area contributed by atoms with Crippen LogP contribution in [0.25, 0.3) is 11.3 Å². The molecule has 4 nitrogen and oxygen atoms in total. The molecule has 0 saturated heterocycles. The van der Waals surface area contributed by atoms with Gasteiger partial charge in [0.1, 0.15) is 11.5 Å². The fourth-order valence-electron chi connectivity index (χ4n) is 4.27. The number of nitrogens with zero attached hydrogens (tertiary/aromatic N) is 1. The molecule has 2 aromatic rings. The van der Waals surface area contributed by atoms with Crippen molar-refractivity contribution in [2.75, 3.05) is 0 Å². The largest absolute Gasteiger partial charge is 0.455 e. The summed E-state index contributed by atoms with van der Waals surface area (Å²) in [6.07, 6.45) is 6.35. The molecule has 5 heteroatoms. The number of carbonyl (C=O) groups is 1. The molecular formula is C20H21ClN2O2. The molecule has 0 bridgehead atoms. The number of fused-ring (bicyclic) bond motifs is 1. The quantitative estimate of drug-likeness (QED) is 0.627. The van der Waals surface area contributed by atoms with Gasteiger partial charge in [0.25, 0.3) is 0 Å². The summed E-state index contributed by atoms with van der Waals surface area (Å²) in [5.41, 5.74) is 3.83. The summed E-state index contributed by atoms with van der Waals surface area (Å²) in [6, 6.07) is 11.2. The molecule has 2 saturated carbocycles. The van der Waals surface area contributed by atoms with E-state index in [1.165, 1.54) is 19.3 Å². The number of nitrogens with one attached hydrogen (secondary N) is 1. The highest BCUT2D eigenvalue weighted by Gasteiger charge is 2.64. The van der Waals surface area contributed by atoms with Crippen LogP contribution in [0.3, 0.4) is 0 Å². The molecule has 0 radical (unpaired) electrons. The summed E-state index contributed by atoms with van der Waals surface area (Å²) < 4.78 is 5.74. The highest BCUT2D eigenvalue weighted by atomic mass is 35.5. The molecule has 1 aromatic heterocycles. The molecule has 130 valence electrons. The summed E-state index contributed by atoms with van der Waals surface area (Å²) in [5, 5.41) is 4.76. The third-order valence-electron chi connectivity index (χ3n) is 5.74. The second kappa shape index (κ2) is 6.34. The zero-order valence-corrected chi connectivity index (χ0v) is 14.9. The second-order valence-electron chi connectivity index (χ2n) is 7.28. The van der Waals surface area contributed by atoms with Gasteiger partial charge < -0.3 is 4.42 Å². The minimum atomic E-state index is 0.0372. The minimum absolute atomic E-state index is 0.0372. The lowest BCUT2D eigenvalue weighted by molar-refractivity contribution is -0.123. The predicted molar refractivity (Wildman–Crippen MR) is 98.4 cm³/mol. The Morgan fingerprint density at radius 1 is 1.28 bits per heavy atom. The fraction of sp³-hybridized carbons (Fsp3) is 0.400. The molecule has 2 aliphatic carbocycles. The average molecular weight is 357 g/mol. The van der Waals surface area contributed by atoms with Crippen LogP contribution in [-0.4, -0.2) is 12.1 Å². The molecule has 1 aromatic carbocycles. The maximum atomic E-state index is 12.4. The van der Waals surface area contributed by atoms with Gasteiger partial charge in [0.15, 0.2) is 0 Å². The minimum Gasteiger partial charge on any atom is -0.455 e. The number of furan rings is 1. The molecule has 1 heterocycles. The Morgan fingerprint density at radius 3 is 2.80 bits per heavy atom. The van der Waals surface area contributed by atoms with Crippen LogP contribution < -0.4 is 5.43 Å². The Hall–Kier alpha value is -2.07. The van der Waals surface area contributed by atoms with Gasteiger partial charge in [0.05, 0.1) is 6.21 Å². The number of rotatable bonds is 4. The lowest BCUT2D eigenvalue weighted by Crippen LogP contribution is -2.22. The van der Waals surface area contributed by atoms with Crippen LogP contribution in [0.15, 0.2) is 45.9 Å². The van der Waals surface area contributed by atoms with Crippen molar-refractivity contribution in [3.63, 3.8) is 0 Å². The standard InChI is InChI=1S/C20H21ClN2O2/c1-20-11-3-2-4-16(20)18(20)19(24)23-22-12-15-9-10-17(25-15)13-5-7-14(21)8-6-13/h5-10,12,16,18H,2-4,11H2,1H3,(H,23,24)/b22-12+/t16-,18-,20-/m0/s1. The fourth-order valence-corrected chi connectivity index (χ4v) is 4.40. The molecule has 0 unspecified atom stereocenters. The summed E-state index contributed by atoms with van der Waals surface area (Å²) >= 11 is 5.90. The first-order valence-corrected chi connectivity index (χ1v) is 9.14. The van der Waals surface area contributed by atoms with Crippen molar-refractivity contribution in [1.82, 2.24) is 5.43 Å². The summed E-state index contributed by atoms with van der Waals surface area (Å²) in [4.78, 5) is 12.4. The lowest BCUT2D eigenvalue weighted by atomic mass is 9.90. The van der Waals surface area contributed by atoms with Crippen molar-refractivity contribution >= 4 is 23.7 Å². The Morgan fingerprint density at radius 2 is 2.08 bits per heavy atom. The summed E-state index contributed by atoms with van der Waals surface area (Å²) in [6.45, 7) is 2.23. The summed E-state index contributed by atoms with van der Waals surface area (Å²) in [5.74, 6) is 2.04. The molecule has 0 spiro atoms. The highest BCUT2D eigenvalue weighted by Crippen LogP contribution is 2.66. The van der Waals surface area contributed by atoms with Crippen LogP contribution in [0.5, 0.6) is 0 Å². The maximum absolute atomic E-state index is 12.4. The van der Waals surface area contributed by atoms with Gasteiger partial charge in [-0.25, -0.2) is 5.43 Å². The number of hydrogen-bond acceptors (Lipinski definition) is 3. The van der Waals surface area contributed by atoms with E-state index in [1.54, 1.807) is 6.21 Å². The van der Waals surface area contributed by atoms with Crippen LogP contribution in [-0.2, 0) is 4.79 Å². The van der Waals surface area contributed by atoms with Crippen LogP contribution >= 0.6 is 11.6 Å². The lowest BCUT2D eigenvalue weighted by Gasteiger charge is -2.15. The molecule has 1 amide bonds. The molecule has 0 aliphatic heterocycles. The zero-order chi connectivity index (χ0) is 17.4. The highest BCUT2D eigenvalue weighted by molar-refractivity contribution is 6.30. The van der Waals surface area contributed by atoms with Gasteiger partial charge >= 0.3 is 0 Å². The van der Waals surface area contributed by atoms with Gasteiger partial charge in [-0.05, 0) is 60.6 Å². The van der Waals surface area contributed by atoms with E-state index in [1.807, 2.05) is 36.4 Å². The normalized spacial score (nSPS) is 27.9. The summed E-state index contributed by atoms with van der Waals surface area (Å²) in [7, 11) is 0. The number of carbonyl (C=O) groups excluding carboxylic acids is 1. The van der Waals surface area contributed by atoms with Crippen molar-refractivity contribution in [3.8, 4) is 11.3 Å². The van der Waals surface area contributed by atoms with Gasteiger partial charge in [-0.1, -0.05) is 31.4 Å². The zero-order valence-electron chi connectivity index (χ0n) is 14.2. The molecule has 2 aliphatic rings. The first kappa shape index (κ1) is 16.4. The molecule has 1 N–H and O–H groups in total. The van der Waals surface area contributed by atoms with E-state index < -0.39 is 0 Å². The van der Waals surface area contributed by atoms with E-state index in [9.17, 15) is 4.79 Å². The Bertz CT molecular complexity index is 811. The molecule has 4 rings (SSSR count). The third-order valence-corrected chi connectivity index (χ3v) is 5.99. The van der Waals surface area contributed by atoms with Gasteiger partial charge in [-0.15, -0.1) is 0 Å². The van der Waals surface area contributed by atoms with Crippen LogP contribution in [0.1, 0.15) is 38.4 Å². The van der Waals surface area contributed by atoms with E-state index >= 15 is 0 Å². The van der Waals surface area contributed by atoms with Crippen molar-refractivity contribution in [3.05, 3.63) is 47.2 Å². The van der Waals surface area contributed by atoms with E-state index in [4.69, 9.17) is 16.0 Å². The maximum Gasteiger partial charge on any atom is 0.244 e. The first-order valence-electron chi connectivity index (χ1n) is 8.77.